The van der Waals surface area contributed by atoms with Gasteiger partial charge in [-0.05, 0) is 37.5 Å². The molecule has 1 heterocycles. The summed E-state index contributed by atoms with van der Waals surface area (Å²) < 4.78 is 17.2. The summed E-state index contributed by atoms with van der Waals surface area (Å²) in [6.07, 6.45) is 2.19. The van der Waals surface area contributed by atoms with Crippen molar-refractivity contribution >= 4 is 16.9 Å². The largest absolute Gasteiger partial charge is 0.493 e. The molecule has 5 nitrogen and oxygen atoms in total. The summed E-state index contributed by atoms with van der Waals surface area (Å²) in [5, 5.41) is 0.844. The van der Waals surface area contributed by atoms with Crippen molar-refractivity contribution in [2.45, 2.75) is 53.1 Å². The van der Waals surface area contributed by atoms with Crippen LogP contribution in [0.5, 0.6) is 5.75 Å². The van der Waals surface area contributed by atoms with E-state index in [0.29, 0.717) is 17.9 Å². The summed E-state index contributed by atoms with van der Waals surface area (Å²) in [5.74, 6) is 0.443. The van der Waals surface area contributed by atoms with E-state index in [9.17, 15) is 9.59 Å². The molecule has 2 aromatic rings. The van der Waals surface area contributed by atoms with Crippen LogP contribution in [0.4, 0.5) is 0 Å². The van der Waals surface area contributed by atoms with Gasteiger partial charge in [-0.1, -0.05) is 39.8 Å². The van der Waals surface area contributed by atoms with Gasteiger partial charge in [0.05, 0.1) is 12.5 Å². The zero-order valence-electron chi connectivity index (χ0n) is 17.7. The Balaban J connectivity index is 1.73. The summed E-state index contributed by atoms with van der Waals surface area (Å²) in [6, 6.07) is 8.59. The molecule has 1 aromatic heterocycles. The summed E-state index contributed by atoms with van der Waals surface area (Å²) in [7, 11) is 0. The number of fused-ring (bicyclic) bond motifs is 1. The highest BCUT2D eigenvalue weighted by molar-refractivity contribution is 5.77. The Morgan fingerprint density at radius 1 is 1.31 bits per heavy atom. The fourth-order valence-corrected chi connectivity index (χ4v) is 3.89. The Bertz CT molecular complexity index is 955. The zero-order chi connectivity index (χ0) is 21.2. The molecule has 0 bridgehead atoms. The maximum atomic E-state index is 12.3. The van der Waals surface area contributed by atoms with Crippen molar-refractivity contribution in [2.24, 2.45) is 17.3 Å². The summed E-state index contributed by atoms with van der Waals surface area (Å²) in [4.78, 5) is 23.8. The van der Waals surface area contributed by atoms with Crippen molar-refractivity contribution in [1.82, 2.24) is 0 Å². The highest BCUT2D eigenvalue weighted by Gasteiger charge is 2.45. The van der Waals surface area contributed by atoms with Crippen LogP contribution >= 0.6 is 0 Å². The van der Waals surface area contributed by atoms with Crippen LogP contribution in [0.3, 0.4) is 0 Å². The van der Waals surface area contributed by atoms with Gasteiger partial charge in [0.1, 0.15) is 17.4 Å². The first-order valence-corrected chi connectivity index (χ1v) is 10.3. The van der Waals surface area contributed by atoms with Crippen LogP contribution in [0.1, 0.15) is 47.0 Å². The molecule has 1 saturated carbocycles. The van der Waals surface area contributed by atoms with Crippen LogP contribution < -0.4 is 10.4 Å². The molecule has 3 rings (SSSR count). The van der Waals surface area contributed by atoms with Gasteiger partial charge in [0.2, 0.25) is 0 Å². The second-order valence-electron chi connectivity index (χ2n) is 8.57. The fourth-order valence-electron chi connectivity index (χ4n) is 3.89. The van der Waals surface area contributed by atoms with Gasteiger partial charge in [0.25, 0.3) is 0 Å². The normalized spacial score (nSPS) is 22.3. The van der Waals surface area contributed by atoms with Gasteiger partial charge >= 0.3 is 11.6 Å². The number of rotatable bonds is 6. The van der Waals surface area contributed by atoms with Gasteiger partial charge in [-0.15, -0.1) is 0 Å². The van der Waals surface area contributed by atoms with Crippen molar-refractivity contribution < 1.29 is 18.7 Å². The highest BCUT2D eigenvalue weighted by atomic mass is 16.5. The van der Waals surface area contributed by atoms with Crippen LogP contribution in [-0.4, -0.2) is 18.7 Å². The maximum Gasteiger partial charge on any atom is 0.336 e. The Morgan fingerprint density at radius 2 is 2.03 bits per heavy atom. The second-order valence-corrected chi connectivity index (χ2v) is 8.57. The van der Waals surface area contributed by atoms with Crippen LogP contribution in [0.15, 0.2) is 51.7 Å². The molecule has 3 unspecified atom stereocenters. The SMILES string of the molecule is C=C1CCC(OC(=O)C(C)CC)C(C)(C)C1COc1ccc2ccc(=O)oc2c1. The van der Waals surface area contributed by atoms with Gasteiger partial charge in [-0.25, -0.2) is 4.79 Å². The molecule has 0 N–H and O–H groups in total. The topological polar surface area (TPSA) is 65.7 Å². The number of ether oxygens (including phenoxy) is 2. The molecule has 0 saturated heterocycles. The molecule has 1 aromatic carbocycles. The fraction of sp³-hybridized carbons (Fsp3) is 0.500. The smallest absolute Gasteiger partial charge is 0.336 e. The summed E-state index contributed by atoms with van der Waals surface area (Å²) in [6.45, 7) is 12.8. The highest BCUT2D eigenvalue weighted by Crippen LogP contribution is 2.45. The van der Waals surface area contributed by atoms with E-state index in [1.165, 1.54) is 6.07 Å². The van der Waals surface area contributed by atoms with Crippen molar-refractivity contribution in [3.63, 3.8) is 0 Å². The number of carbonyl (C=O) groups is 1. The van der Waals surface area contributed by atoms with Crippen LogP contribution in [0, 0.1) is 17.3 Å². The summed E-state index contributed by atoms with van der Waals surface area (Å²) >= 11 is 0. The number of carbonyl (C=O) groups excluding carboxylic acids is 1. The number of hydrogen-bond acceptors (Lipinski definition) is 5. The molecule has 1 aliphatic carbocycles. The van der Waals surface area contributed by atoms with Gasteiger partial charge in [-0.3, -0.25) is 4.79 Å². The van der Waals surface area contributed by atoms with Crippen LogP contribution in [0.2, 0.25) is 0 Å². The Kier molecular flexibility index (Phi) is 6.15. The van der Waals surface area contributed by atoms with E-state index in [4.69, 9.17) is 13.9 Å². The summed E-state index contributed by atoms with van der Waals surface area (Å²) in [5.41, 5.74) is 0.930. The average molecular weight is 398 g/mol. The van der Waals surface area contributed by atoms with E-state index >= 15 is 0 Å². The minimum Gasteiger partial charge on any atom is -0.493 e. The quantitative estimate of drug-likeness (QED) is 0.384. The molecule has 156 valence electrons. The molecule has 1 aliphatic rings. The lowest BCUT2D eigenvalue weighted by atomic mass is 9.65. The first-order valence-electron chi connectivity index (χ1n) is 10.3. The molecule has 3 atom stereocenters. The Hall–Kier alpha value is -2.56. The number of benzene rings is 1. The average Bonchev–Trinajstić information content (AvgIpc) is 2.68. The molecular weight excluding hydrogens is 368 g/mol. The lowest BCUT2D eigenvalue weighted by molar-refractivity contribution is -0.164. The van der Waals surface area contributed by atoms with E-state index in [1.807, 2.05) is 26.0 Å². The van der Waals surface area contributed by atoms with Gasteiger partial charge in [0, 0.05) is 28.9 Å². The molecule has 0 radical (unpaired) electrons. The number of hydrogen-bond donors (Lipinski definition) is 0. The maximum absolute atomic E-state index is 12.3. The number of esters is 1. The molecular formula is C24H30O5. The van der Waals surface area contributed by atoms with Crippen molar-refractivity contribution in [2.75, 3.05) is 6.61 Å². The molecule has 1 fully saturated rings. The van der Waals surface area contributed by atoms with E-state index in [2.05, 4.69) is 20.4 Å². The standard InChI is InChI=1S/C24H30O5/c1-6-15(2)23(26)29-21-11-7-16(3)19(24(21,4)5)14-27-18-10-8-17-9-12-22(25)28-20(17)13-18/h8-10,12-13,15,19,21H,3,6-7,11,14H2,1-2,4-5H3. The van der Waals surface area contributed by atoms with Gasteiger partial charge in [-0.2, -0.15) is 0 Å². The zero-order valence-corrected chi connectivity index (χ0v) is 17.7. The van der Waals surface area contributed by atoms with E-state index < -0.39 is 0 Å². The molecule has 0 spiro atoms. The van der Waals surface area contributed by atoms with Gasteiger partial charge < -0.3 is 13.9 Å². The van der Waals surface area contributed by atoms with Crippen molar-refractivity contribution in [1.29, 1.82) is 0 Å². The van der Waals surface area contributed by atoms with Crippen molar-refractivity contribution in [3.05, 3.63) is 52.9 Å². The minimum absolute atomic E-state index is 0.0458. The van der Waals surface area contributed by atoms with E-state index in [0.717, 1.165) is 30.2 Å². The van der Waals surface area contributed by atoms with Crippen molar-refractivity contribution in [3.8, 4) is 5.75 Å². The van der Waals surface area contributed by atoms with E-state index in [1.54, 1.807) is 12.1 Å². The lowest BCUT2D eigenvalue weighted by Crippen LogP contribution is -2.46. The van der Waals surface area contributed by atoms with Crippen LogP contribution in [0.25, 0.3) is 11.0 Å². The molecule has 5 heteroatoms. The third-order valence-corrected chi connectivity index (χ3v) is 6.23. The molecule has 0 amide bonds. The first-order chi connectivity index (χ1) is 13.7. The molecule has 0 aliphatic heterocycles. The predicted octanol–water partition coefficient (Wildman–Crippen LogP) is 5.12. The Morgan fingerprint density at radius 3 is 2.76 bits per heavy atom. The van der Waals surface area contributed by atoms with Gasteiger partial charge in [0.15, 0.2) is 0 Å². The van der Waals surface area contributed by atoms with Crippen LogP contribution in [-0.2, 0) is 9.53 Å². The first kappa shape index (κ1) is 21.2. The molecule has 29 heavy (non-hydrogen) atoms. The monoisotopic (exact) mass is 398 g/mol. The third-order valence-electron chi connectivity index (χ3n) is 6.23. The van der Waals surface area contributed by atoms with E-state index in [-0.39, 0.29) is 34.9 Å². The third kappa shape index (κ3) is 4.55. The second kappa shape index (κ2) is 8.44. The lowest BCUT2D eigenvalue weighted by Gasteiger charge is -2.45. The Labute approximate surface area is 171 Å². The predicted molar refractivity (Wildman–Crippen MR) is 113 cm³/mol. The minimum atomic E-state index is -0.387.